The number of hydrogen-bond acceptors (Lipinski definition) is 5. The van der Waals surface area contributed by atoms with Gasteiger partial charge in [0.2, 0.25) is 0 Å². The van der Waals surface area contributed by atoms with Crippen molar-refractivity contribution in [1.29, 1.82) is 0 Å². The number of carbonyl (C=O) groups excluding carboxylic acids is 1. The predicted molar refractivity (Wildman–Crippen MR) is 114 cm³/mol. The van der Waals surface area contributed by atoms with Crippen LogP contribution in [-0.2, 0) is 11.2 Å². The van der Waals surface area contributed by atoms with Crippen molar-refractivity contribution in [2.75, 3.05) is 7.11 Å². The molecule has 1 amide bonds. The molecule has 0 aliphatic heterocycles. The number of aliphatic hydroxyl groups excluding tert-OH is 1. The number of nitrogens with one attached hydrogen (secondary N) is 1. The second-order valence-electron chi connectivity index (χ2n) is 7.05. The molecule has 6 heteroatoms. The summed E-state index contributed by atoms with van der Waals surface area (Å²) >= 11 is 0. The third kappa shape index (κ3) is 8.37. The third-order valence-electron chi connectivity index (χ3n) is 4.61. The molecular weight excluding hydrogens is 368 g/mol. The van der Waals surface area contributed by atoms with E-state index in [-0.39, 0.29) is 0 Å². The van der Waals surface area contributed by atoms with Gasteiger partial charge < -0.3 is 14.6 Å². The van der Waals surface area contributed by atoms with E-state index in [1.165, 1.54) is 18.9 Å². The van der Waals surface area contributed by atoms with Crippen molar-refractivity contribution in [3.63, 3.8) is 0 Å². The summed E-state index contributed by atoms with van der Waals surface area (Å²) in [5.41, 5.74) is 8.19. The van der Waals surface area contributed by atoms with Crippen molar-refractivity contribution in [2.24, 2.45) is 11.7 Å². The summed E-state index contributed by atoms with van der Waals surface area (Å²) in [5, 5.41) is 12.8. The molecule has 3 atom stereocenters. The molecule has 0 radical (unpaired) electrons. The maximum Gasteiger partial charge on any atom is 0.410 e. The monoisotopic (exact) mass is 398 g/mol. The molecule has 3 unspecified atom stereocenters. The molecule has 2 aromatic rings. The maximum absolute atomic E-state index is 11.0. The first-order valence-electron chi connectivity index (χ1n) is 9.73. The third-order valence-corrected chi connectivity index (χ3v) is 4.61. The number of aryl methyl sites for hydroxylation is 1. The molecular formula is C23H30N2O4. The highest BCUT2D eigenvalue weighted by atomic mass is 16.5. The van der Waals surface area contributed by atoms with Crippen LogP contribution in [0.5, 0.6) is 5.75 Å². The fourth-order valence-corrected chi connectivity index (χ4v) is 2.88. The van der Waals surface area contributed by atoms with Crippen LogP contribution in [0.25, 0.3) is 6.08 Å². The van der Waals surface area contributed by atoms with Gasteiger partial charge in [-0.1, -0.05) is 49.4 Å². The van der Waals surface area contributed by atoms with Gasteiger partial charge >= 0.3 is 6.09 Å². The Hall–Kier alpha value is -2.83. The van der Waals surface area contributed by atoms with Crippen LogP contribution in [0.3, 0.4) is 0 Å². The summed E-state index contributed by atoms with van der Waals surface area (Å²) in [6, 6.07) is 17.5. The minimum atomic E-state index is -0.795. The number of hydrogen-bond donors (Lipinski definition) is 3. The van der Waals surface area contributed by atoms with Crippen LogP contribution in [0, 0.1) is 5.92 Å². The van der Waals surface area contributed by atoms with E-state index in [4.69, 9.17) is 10.5 Å². The summed E-state index contributed by atoms with van der Waals surface area (Å²) in [7, 11) is 1.30. The Balaban J connectivity index is 1.76. The second kappa shape index (κ2) is 11.9. The summed E-state index contributed by atoms with van der Waals surface area (Å²) in [6.07, 6.45) is 3.69. The highest BCUT2D eigenvalue weighted by Gasteiger charge is 2.19. The van der Waals surface area contributed by atoms with E-state index in [2.05, 4.69) is 29.1 Å². The molecule has 0 bridgehead atoms. The molecule has 2 rings (SSSR count). The standard InChI is InChI=1S/C23H30N2O4/c1-17(8-9-18-6-4-3-5-7-18)16-21(26)22(24)29-20-12-10-19(11-13-20)14-15-25-23(27)28-2/h3-7,10-15,17,21-22,26H,8-9,16,24H2,1-2H3,(H,25,27). The highest BCUT2D eigenvalue weighted by Crippen LogP contribution is 2.19. The van der Waals surface area contributed by atoms with Gasteiger partial charge in [-0.05, 0) is 54.5 Å². The lowest BCUT2D eigenvalue weighted by molar-refractivity contribution is 0.0246. The van der Waals surface area contributed by atoms with Gasteiger partial charge in [0.1, 0.15) is 11.9 Å². The Morgan fingerprint density at radius 3 is 2.52 bits per heavy atom. The van der Waals surface area contributed by atoms with Crippen molar-refractivity contribution in [1.82, 2.24) is 5.32 Å². The number of rotatable bonds is 10. The van der Waals surface area contributed by atoms with Gasteiger partial charge in [-0.3, -0.25) is 11.1 Å². The summed E-state index contributed by atoms with van der Waals surface area (Å²) < 4.78 is 10.1. The first-order chi connectivity index (χ1) is 14.0. The summed E-state index contributed by atoms with van der Waals surface area (Å²) in [6.45, 7) is 2.11. The number of carbonyl (C=O) groups is 1. The van der Waals surface area contributed by atoms with Gasteiger partial charge in [0.25, 0.3) is 0 Å². The molecule has 4 N–H and O–H groups in total. The van der Waals surface area contributed by atoms with Crippen LogP contribution in [0.4, 0.5) is 4.79 Å². The molecule has 2 aromatic carbocycles. The van der Waals surface area contributed by atoms with Crippen LogP contribution in [0.15, 0.2) is 60.8 Å². The molecule has 0 saturated carbocycles. The van der Waals surface area contributed by atoms with E-state index >= 15 is 0 Å². The Morgan fingerprint density at radius 2 is 1.86 bits per heavy atom. The molecule has 0 saturated heterocycles. The number of amides is 1. The number of ether oxygens (including phenoxy) is 2. The van der Waals surface area contributed by atoms with Crippen molar-refractivity contribution in [3.05, 3.63) is 71.9 Å². The number of aliphatic hydroxyl groups is 1. The van der Waals surface area contributed by atoms with Crippen molar-refractivity contribution < 1.29 is 19.4 Å². The minimum absolute atomic E-state index is 0.328. The largest absolute Gasteiger partial charge is 0.473 e. The minimum Gasteiger partial charge on any atom is -0.473 e. The lowest BCUT2D eigenvalue weighted by Crippen LogP contribution is -2.40. The SMILES string of the molecule is COC(=O)NC=Cc1ccc(OC(N)C(O)CC(C)CCc2ccccc2)cc1. The van der Waals surface area contributed by atoms with E-state index in [1.807, 2.05) is 30.3 Å². The average Bonchev–Trinajstić information content (AvgIpc) is 2.74. The van der Waals surface area contributed by atoms with Gasteiger partial charge in [0.15, 0.2) is 6.23 Å². The van der Waals surface area contributed by atoms with Gasteiger partial charge in [-0.2, -0.15) is 0 Å². The smallest absolute Gasteiger partial charge is 0.410 e. The molecule has 6 nitrogen and oxygen atoms in total. The Morgan fingerprint density at radius 1 is 1.17 bits per heavy atom. The molecule has 0 aromatic heterocycles. The molecule has 0 heterocycles. The van der Waals surface area contributed by atoms with Gasteiger partial charge in [-0.25, -0.2) is 4.79 Å². The normalized spacial score (nSPS) is 14.2. The molecule has 0 aliphatic rings. The average molecular weight is 399 g/mol. The lowest BCUT2D eigenvalue weighted by Gasteiger charge is -2.23. The van der Waals surface area contributed by atoms with Crippen LogP contribution in [0.2, 0.25) is 0 Å². The molecule has 0 fully saturated rings. The van der Waals surface area contributed by atoms with E-state index in [9.17, 15) is 9.90 Å². The molecule has 0 spiro atoms. The number of benzene rings is 2. The zero-order valence-corrected chi connectivity index (χ0v) is 17.0. The van der Waals surface area contributed by atoms with Crippen LogP contribution < -0.4 is 15.8 Å². The highest BCUT2D eigenvalue weighted by molar-refractivity contribution is 5.69. The van der Waals surface area contributed by atoms with Crippen molar-refractivity contribution >= 4 is 12.2 Å². The first-order valence-corrected chi connectivity index (χ1v) is 9.73. The van der Waals surface area contributed by atoms with Gasteiger partial charge in [0, 0.05) is 6.20 Å². The molecule has 29 heavy (non-hydrogen) atoms. The fourth-order valence-electron chi connectivity index (χ4n) is 2.88. The Kier molecular flexibility index (Phi) is 9.21. The number of methoxy groups -OCH3 is 1. The number of alkyl carbamates (subject to hydrolysis) is 1. The first kappa shape index (κ1) is 22.5. The fraction of sp³-hybridized carbons (Fsp3) is 0.348. The summed E-state index contributed by atoms with van der Waals surface area (Å²) in [5.74, 6) is 0.904. The van der Waals surface area contributed by atoms with E-state index in [0.717, 1.165) is 18.4 Å². The molecule has 156 valence electrons. The van der Waals surface area contributed by atoms with Gasteiger partial charge in [0.05, 0.1) is 7.11 Å². The van der Waals surface area contributed by atoms with Crippen LogP contribution >= 0.6 is 0 Å². The van der Waals surface area contributed by atoms with Crippen LogP contribution in [0.1, 0.15) is 30.9 Å². The van der Waals surface area contributed by atoms with Crippen LogP contribution in [-0.4, -0.2) is 30.6 Å². The quantitative estimate of drug-likeness (QED) is 0.531. The second-order valence-corrected chi connectivity index (χ2v) is 7.05. The topological polar surface area (TPSA) is 93.8 Å². The Labute approximate surface area is 172 Å². The van der Waals surface area contributed by atoms with E-state index in [0.29, 0.717) is 18.1 Å². The number of nitrogens with two attached hydrogens (primary N) is 1. The van der Waals surface area contributed by atoms with E-state index in [1.54, 1.807) is 18.2 Å². The van der Waals surface area contributed by atoms with Gasteiger partial charge in [-0.15, -0.1) is 0 Å². The predicted octanol–water partition coefficient (Wildman–Crippen LogP) is 3.70. The lowest BCUT2D eigenvalue weighted by atomic mass is 9.95. The van der Waals surface area contributed by atoms with E-state index < -0.39 is 18.4 Å². The molecule has 0 aliphatic carbocycles. The zero-order valence-electron chi connectivity index (χ0n) is 17.0. The summed E-state index contributed by atoms with van der Waals surface area (Å²) in [4.78, 5) is 11.0. The van der Waals surface area contributed by atoms with Crippen molar-refractivity contribution in [3.8, 4) is 5.75 Å². The zero-order chi connectivity index (χ0) is 21.1. The Bertz CT molecular complexity index is 762. The van der Waals surface area contributed by atoms with Crippen molar-refractivity contribution in [2.45, 2.75) is 38.5 Å². The maximum atomic E-state index is 11.0.